The van der Waals surface area contributed by atoms with Crippen molar-refractivity contribution in [1.82, 2.24) is 20.2 Å². The summed E-state index contributed by atoms with van der Waals surface area (Å²) < 4.78 is 5.23. The van der Waals surface area contributed by atoms with Gasteiger partial charge in [-0.25, -0.2) is 9.78 Å². The van der Waals surface area contributed by atoms with Crippen LogP contribution < -0.4 is 5.32 Å². The second kappa shape index (κ2) is 8.19. The van der Waals surface area contributed by atoms with Gasteiger partial charge in [0.25, 0.3) is 0 Å². The topological polar surface area (TPSA) is 84.4 Å². The maximum atomic E-state index is 12.1. The van der Waals surface area contributed by atoms with E-state index >= 15 is 0 Å². The van der Waals surface area contributed by atoms with Crippen molar-refractivity contribution in [2.75, 3.05) is 26.2 Å². The van der Waals surface area contributed by atoms with Gasteiger partial charge in [0, 0.05) is 18.9 Å². The van der Waals surface area contributed by atoms with Crippen LogP contribution >= 0.6 is 0 Å². The summed E-state index contributed by atoms with van der Waals surface area (Å²) in [6.45, 7) is 8.20. The summed E-state index contributed by atoms with van der Waals surface area (Å²) in [5.41, 5.74) is -0.0695. The Balaban J connectivity index is 1.68. The smallest absolute Gasteiger partial charge is 0.407 e. The molecule has 0 saturated carbocycles. The van der Waals surface area contributed by atoms with Gasteiger partial charge in [-0.3, -0.25) is 14.7 Å². The molecule has 1 aliphatic rings. The average molecular weight is 334 g/mol. The molecular weight excluding hydrogens is 308 g/mol. The fourth-order valence-electron chi connectivity index (χ4n) is 2.62. The Bertz CT molecular complexity index is 549. The second-order valence-corrected chi connectivity index (χ2v) is 7.12. The molecule has 0 radical (unpaired) electrons. The van der Waals surface area contributed by atoms with E-state index in [2.05, 4.69) is 20.2 Å². The highest BCUT2D eigenvalue weighted by molar-refractivity contribution is 5.95. The van der Waals surface area contributed by atoms with Gasteiger partial charge in [0.2, 0.25) is 0 Å². The zero-order valence-corrected chi connectivity index (χ0v) is 14.6. The second-order valence-electron chi connectivity index (χ2n) is 7.12. The lowest BCUT2D eigenvalue weighted by molar-refractivity contribution is 0.0510. The van der Waals surface area contributed by atoms with Crippen LogP contribution in [-0.2, 0) is 4.74 Å². The molecule has 132 valence electrons. The number of nitrogens with zero attached hydrogens (tertiary/aromatic N) is 3. The van der Waals surface area contributed by atoms with Crippen LogP contribution in [0.3, 0.4) is 0 Å². The Morgan fingerprint density at radius 2 is 2.00 bits per heavy atom. The van der Waals surface area contributed by atoms with Crippen molar-refractivity contribution in [3.05, 3.63) is 24.3 Å². The summed E-state index contributed by atoms with van der Waals surface area (Å²) in [7, 11) is 0. The highest BCUT2D eigenvalue weighted by Gasteiger charge is 2.23. The molecule has 1 aliphatic heterocycles. The predicted molar refractivity (Wildman–Crippen MR) is 89.8 cm³/mol. The first-order valence-electron chi connectivity index (χ1n) is 8.32. The first kappa shape index (κ1) is 18.3. The SMILES string of the molecule is CC(C)(C)OC(=O)NCC1CCN(CC(=O)c2cnccn2)CC1. The van der Waals surface area contributed by atoms with Crippen LogP contribution in [0.2, 0.25) is 0 Å². The molecule has 7 heteroatoms. The van der Waals surface area contributed by atoms with Gasteiger partial charge in [0.05, 0.1) is 12.7 Å². The number of nitrogens with one attached hydrogen (secondary N) is 1. The molecule has 1 N–H and O–H groups in total. The number of carbonyl (C=O) groups excluding carboxylic acids is 2. The zero-order chi connectivity index (χ0) is 17.6. The maximum absolute atomic E-state index is 12.1. The van der Waals surface area contributed by atoms with Gasteiger partial charge in [-0.05, 0) is 52.6 Å². The number of Topliss-reactive ketones (excluding diaryl/α,β-unsaturated/α-hetero) is 1. The number of amides is 1. The van der Waals surface area contributed by atoms with E-state index in [1.54, 1.807) is 6.20 Å². The first-order chi connectivity index (χ1) is 11.3. The Hall–Kier alpha value is -2.02. The van der Waals surface area contributed by atoms with Crippen molar-refractivity contribution in [3.63, 3.8) is 0 Å². The van der Waals surface area contributed by atoms with Gasteiger partial charge in [-0.1, -0.05) is 0 Å². The van der Waals surface area contributed by atoms with Gasteiger partial charge in [0.15, 0.2) is 5.78 Å². The Morgan fingerprint density at radius 3 is 2.58 bits per heavy atom. The minimum atomic E-state index is -0.478. The molecule has 0 aliphatic carbocycles. The lowest BCUT2D eigenvalue weighted by Gasteiger charge is -2.31. The van der Waals surface area contributed by atoms with Gasteiger partial charge in [0.1, 0.15) is 11.3 Å². The van der Waals surface area contributed by atoms with E-state index < -0.39 is 5.60 Å². The molecular formula is C17H26N4O3. The Kier molecular flexibility index (Phi) is 6.25. The largest absolute Gasteiger partial charge is 0.444 e. The van der Waals surface area contributed by atoms with Gasteiger partial charge in [-0.15, -0.1) is 0 Å². The van der Waals surface area contributed by atoms with Crippen molar-refractivity contribution in [3.8, 4) is 0 Å². The average Bonchev–Trinajstić information content (AvgIpc) is 2.53. The van der Waals surface area contributed by atoms with E-state index in [9.17, 15) is 9.59 Å². The summed E-state index contributed by atoms with van der Waals surface area (Å²) in [6.07, 6.45) is 6.11. The number of hydrogen-bond donors (Lipinski definition) is 1. The number of aromatic nitrogens is 2. The molecule has 0 aromatic carbocycles. The number of alkyl carbamates (subject to hydrolysis) is 1. The summed E-state index contributed by atoms with van der Waals surface area (Å²) >= 11 is 0. The minimum absolute atomic E-state index is 0.00608. The molecule has 1 aromatic rings. The van der Waals surface area contributed by atoms with Crippen LogP contribution in [0.25, 0.3) is 0 Å². The van der Waals surface area contributed by atoms with Crippen LogP contribution in [0.15, 0.2) is 18.6 Å². The molecule has 2 rings (SSSR count). The maximum Gasteiger partial charge on any atom is 0.407 e. The monoisotopic (exact) mass is 334 g/mol. The molecule has 1 fully saturated rings. The van der Waals surface area contributed by atoms with E-state index in [0.717, 1.165) is 25.9 Å². The van der Waals surface area contributed by atoms with Crippen molar-refractivity contribution in [1.29, 1.82) is 0 Å². The molecule has 0 spiro atoms. The van der Waals surface area contributed by atoms with Crippen molar-refractivity contribution >= 4 is 11.9 Å². The van der Waals surface area contributed by atoms with Crippen LogP contribution in [0.5, 0.6) is 0 Å². The zero-order valence-electron chi connectivity index (χ0n) is 14.6. The number of likely N-dealkylation sites (tertiary alicyclic amines) is 1. The Labute approximate surface area is 142 Å². The summed E-state index contributed by atoms with van der Waals surface area (Å²) in [5.74, 6) is 0.411. The van der Waals surface area contributed by atoms with E-state index in [0.29, 0.717) is 24.7 Å². The molecule has 0 atom stereocenters. The van der Waals surface area contributed by atoms with E-state index in [-0.39, 0.29) is 11.9 Å². The number of piperidine rings is 1. The summed E-state index contributed by atoms with van der Waals surface area (Å²) in [6, 6.07) is 0. The number of rotatable bonds is 5. The number of carbonyl (C=O) groups is 2. The van der Waals surface area contributed by atoms with E-state index in [1.807, 2.05) is 20.8 Å². The lowest BCUT2D eigenvalue weighted by atomic mass is 9.96. The van der Waals surface area contributed by atoms with Crippen molar-refractivity contribution < 1.29 is 14.3 Å². The molecule has 1 saturated heterocycles. The fraction of sp³-hybridized carbons (Fsp3) is 0.647. The van der Waals surface area contributed by atoms with Gasteiger partial charge < -0.3 is 10.1 Å². The lowest BCUT2D eigenvalue weighted by Crippen LogP contribution is -2.41. The molecule has 24 heavy (non-hydrogen) atoms. The first-order valence-corrected chi connectivity index (χ1v) is 8.32. The van der Waals surface area contributed by atoms with Crippen LogP contribution in [0.4, 0.5) is 4.79 Å². The third-order valence-corrected chi connectivity index (χ3v) is 3.86. The third kappa shape index (κ3) is 6.23. The highest BCUT2D eigenvalue weighted by atomic mass is 16.6. The predicted octanol–water partition coefficient (Wildman–Crippen LogP) is 1.90. The van der Waals surface area contributed by atoms with Crippen LogP contribution in [0, 0.1) is 5.92 Å². The van der Waals surface area contributed by atoms with Crippen molar-refractivity contribution in [2.24, 2.45) is 5.92 Å². The molecule has 7 nitrogen and oxygen atoms in total. The van der Waals surface area contributed by atoms with Gasteiger partial charge >= 0.3 is 6.09 Å². The number of ether oxygens (including phenoxy) is 1. The van der Waals surface area contributed by atoms with Crippen molar-refractivity contribution in [2.45, 2.75) is 39.2 Å². The fourth-order valence-corrected chi connectivity index (χ4v) is 2.62. The van der Waals surface area contributed by atoms with E-state index in [4.69, 9.17) is 4.74 Å². The molecule has 1 amide bonds. The number of hydrogen-bond acceptors (Lipinski definition) is 6. The standard InChI is InChI=1S/C17H26N4O3/c1-17(2,3)24-16(23)20-10-13-4-8-21(9-5-13)12-15(22)14-11-18-6-7-19-14/h6-7,11,13H,4-5,8-10,12H2,1-3H3,(H,20,23). The molecule has 2 heterocycles. The Morgan fingerprint density at radius 1 is 1.29 bits per heavy atom. The summed E-state index contributed by atoms with van der Waals surface area (Å²) in [5, 5.41) is 2.83. The molecule has 0 unspecified atom stereocenters. The normalized spacial score (nSPS) is 16.6. The highest BCUT2D eigenvalue weighted by Crippen LogP contribution is 2.17. The summed E-state index contributed by atoms with van der Waals surface area (Å²) in [4.78, 5) is 33.9. The van der Waals surface area contributed by atoms with E-state index in [1.165, 1.54) is 12.4 Å². The molecule has 1 aromatic heterocycles. The van der Waals surface area contributed by atoms with Crippen LogP contribution in [0.1, 0.15) is 44.1 Å². The quantitative estimate of drug-likeness (QED) is 0.828. The van der Waals surface area contributed by atoms with Crippen LogP contribution in [-0.4, -0.2) is 58.5 Å². The third-order valence-electron chi connectivity index (χ3n) is 3.86. The number of ketones is 1. The molecule has 0 bridgehead atoms. The minimum Gasteiger partial charge on any atom is -0.444 e. The van der Waals surface area contributed by atoms with Gasteiger partial charge in [-0.2, -0.15) is 0 Å².